The van der Waals surface area contributed by atoms with Crippen LogP contribution in [0.15, 0.2) is 42.6 Å². The minimum Gasteiger partial charge on any atom is -0.507 e. The molecule has 40 heavy (non-hydrogen) atoms. The molecule has 3 aromatic rings. The molecule has 1 unspecified atom stereocenters. The third-order valence-electron chi connectivity index (χ3n) is 7.20. The van der Waals surface area contributed by atoms with Crippen molar-refractivity contribution in [3.05, 3.63) is 48.4 Å². The first-order chi connectivity index (χ1) is 19.6. The monoisotopic (exact) mass is 544 g/mol. The number of hydrogen-bond donors (Lipinski definition) is 3. The van der Waals surface area contributed by atoms with Crippen LogP contribution >= 0.6 is 0 Å². The Morgan fingerprint density at radius 3 is 2.25 bits per heavy atom. The molecule has 0 radical (unpaired) electrons. The van der Waals surface area contributed by atoms with Gasteiger partial charge in [-0.2, -0.15) is 0 Å². The van der Waals surface area contributed by atoms with Crippen molar-refractivity contribution in [1.29, 1.82) is 0 Å². The van der Waals surface area contributed by atoms with Crippen molar-refractivity contribution in [2.45, 2.75) is 71.3 Å². The summed E-state index contributed by atoms with van der Waals surface area (Å²) < 4.78 is 0. The van der Waals surface area contributed by atoms with Gasteiger partial charge in [-0.1, -0.05) is 63.0 Å². The Balaban J connectivity index is 0.000000422. The standard InChI is InChI=1S/C23H25N7O.C7H14.CH5N/c1-3-6-21-25-11-9-22(26-21)30-14-13-29(12-10-16(30)2)19-15-18(27-28-23(19)24)17-7-4-5-8-20(17)31;1-2-4-6-7-5-3-1;1-2/h4-5,7-9,11,15-16,31H,10,12-14H2,1-2H3,(H2,24,28);1-7H2;2H2,1H3. The predicted molar refractivity (Wildman–Crippen MR) is 164 cm³/mol. The lowest BCUT2D eigenvalue weighted by Crippen LogP contribution is -2.35. The number of aromatic hydroxyl groups is 1. The maximum absolute atomic E-state index is 10.2. The van der Waals surface area contributed by atoms with Crippen molar-refractivity contribution in [2.75, 3.05) is 42.2 Å². The minimum atomic E-state index is 0.165. The number of aromatic nitrogens is 4. The molecule has 0 amide bonds. The molecule has 1 aliphatic carbocycles. The zero-order valence-electron chi connectivity index (χ0n) is 24.2. The molecule has 1 atom stereocenters. The molecule has 5 N–H and O–H groups in total. The Kier molecular flexibility index (Phi) is 12.5. The smallest absolute Gasteiger partial charge is 0.206 e. The van der Waals surface area contributed by atoms with Gasteiger partial charge in [0, 0.05) is 37.4 Å². The van der Waals surface area contributed by atoms with Gasteiger partial charge >= 0.3 is 0 Å². The van der Waals surface area contributed by atoms with E-state index in [0.29, 0.717) is 22.9 Å². The quantitative estimate of drug-likeness (QED) is 0.308. The van der Waals surface area contributed by atoms with Crippen molar-refractivity contribution in [1.82, 2.24) is 20.2 Å². The lowest BCUT2D eigenvalue weighted by molar-refractivity contribution is 0.477. The van der Waals surface area contributed by atoms with Crippen LogP contribution in [0.25, 0.3) is 11.3 Å². The fraction of sp³-hybridized carbons (Fsp3) is 0.484. The van der Waals surface area contributed by atoms with Gasteiger partial charge in [0.25, 0.3) is 0 Å². The molecule has 2 aromatic heterocycles. The number of phenols is 1. The number of anilines is 3. The lowest BCUT2D eigenvalue weighted by atomic mass is 10.1. The molecule has 1 saturated heterocycles. The van der Waals surface area contributed by atoms with Crippen LogP contribution in [-0.2, 0) is 0 Å². The molecule has 0 spiro atoms. The Hall–Kier alpha value is -3.90. The van der Waals surface area contributed by atoms with Crippen LogP contribution < -0.4 is 21.3 Å². The molecular weight excluding hydrogens is 500 g/mol. The number of para-hydroxylation sites is 1. The van der Waals surface area contributed by atoms with Crippen molar-refractivity contribution in [3.63, 3.8) is 0 Å². The second-order valence-electron chi connectivity index (χ2n) is 9.92. The Bertz CT molecular complexity index is 1240. The van der Waals surface area contributed by atoms with Crippen LogP contribution in [0.2, 0.25) is 0 Å². The van der Waals surface area contributed by atoms with Gasteiger partial charge in [-0.25, -0.2) is 9.97 Å². The second-order valence-corrected chi connectivity index (χ2v) is 9.92. The van der Waals surface area contributed by atoms with E-state index in [1.807, 2.05) is 24.3 Å². The largest absolute Gasteiger partial charge is 0.507 e. The van der Waals surface area contributed by atoms with Crippen LogP contribution in [0.4, 0.5) is 17.3 Å². The summed E-state index contributed by atoms with van der Waals surface area (Å²) in [5.41, 5.74) is 12.7. The number of hydrogen-bond acceptors (Lipinski definition) is 9. The molecular formula is C31H44N8O. The summed E-state index contributed by atoms with van der Waals surface area (Å²) in [4.78, 5) is 13.3. The third kappa shape index (κ3) is 8.55. The molecule has 1 aromatic carbocycles. The summed E-state index contributed by atoms with van der Waals surface area (Å²) in [6, 6.07) is 11.2. The zero-order valence-corrected chi connectivity index (χ0v) is 24.2. The maximum atomic E-state index is 10.2. The molecule has 5 rings (SSSR count). The molecule has 1 aliphatic heterocycles. The molecule has 0 bridgehead atoms. The number of rotatable bonds is 3. The summed E-state index contributed by atoms with van der Waals surface area (Å²) >= 11 is 0. The van der Waals surface area contributed by atoms with E-state index >= 15 is 0 Å². The van der Waals surface area contributed by atoms with Crippen LogP contribution in [0.1, 0.15) is 71.0 Å². The molecule has 2 fully saturated rings. The molecule has 2 aliphatic rings. The summed E-state index contributed by atoms with van der Waals surface area (Å²) in [6.45, 7) is 6.31. The van der Waals surface area contributed by atoms with Gasteiger partial charge in [0.05, 0.1) is 11.4 Å². The van der Waals surface area contributed by atoms with Crippen molar-refractivity contribution in [2.24, 2.45) is 5.73 Å². The van der Waals surface area contributed by atoms with Gasteiger partial charge in [-0.3, -0.25) is 0 Å². The number of benzene rings is 1. The van der Waals surface area contributed by atoms with Crippen molar-refractivity contribution >= 4 is 17.3 Å². The van der Waals surface area contributed by atoms with E-state index in [1.54, 1.807) is 25.3 Å². The fourth-order valence-corrected chi connectivity index (χ4v) is 5.03. The number of nitrogens with zero attached hydrogens (tertiary/aromatic N) is 6. The number of nitrogens with two attached hydrogens (primary N) is 2. The van der Waals surface area contributed by atoms with Crippen LogP contribution in [-0.4, -0.2) is 58.0 Å². The van der Waals surface area contributed by atoms with E-state index in [9.17, 15) is 5.11 Å². The average molecular weight is 545 g/mol. The van der Waals surface area contributed by atoms with Gasteiger partial charge in [0.1, 0.15) is 11.6 Å². The first kappa shape index (κ1) is 30.6. The van der Waals surface area contributed by atoms with E-state index < -0.39 is 0 Å². The summed E-state index contributed by atoms with van der Waals surface area (Å²) in [7, 11) is 1.50. The van der Waals surface area contributed by atoms with Crippen LogP contribution in [0.3, 0.4) is 0 Å². The normalized spacial score (nSPS) is 17.1. The summed E-state index contributed by atoms with van der Waals surface area (Å²) in [5, 5.41) is 18.5. The van der Waals surface area contributed by atoms with E-state index in [0.717, 1.165) is 37.6 Å². The topological polar surface area (TPSA) is 130 Å². The number of phenolic OH excluding ortho intramolecular Hbond substituents is 1. The summed E-state index contributed by atoms with van der Waals surface area (Å²) in [5.74, 6) is 7.72. The minimum absolute atomic E-state index is 0.165. The van der Waals surface area contributed by atoms with Gasteiger partial charge in [0.15, 0.2) is 5.82 Å². The highest BCUT2D eigenvalue weighted by molar-refractivity contribution is 5.74. The molecule has 214 valence electrons. The van der Waals surface area contributed by atoms with Crippen LogP contribution in [0.5, 0.6) is 5.75 Å². The van der Waals surface area contributed by atoms with Crippen molar-refractivity contribution < 1.29 is 5.11 Å². The van der Waals surface area contributed by atoms with Gasteiger partial charge in [-0.05, 0) is 57.5 Å². The van der Waals surface area contributed by atoms with E-state index in [4.69, 9.17) is 5.73 Å². The summed E-state index contributed by atoms with van der Waals surface area (Å²) in [6.07, 6.45) is 13.2. The molecule has 9 heteroatoms. The Morgan fingerprint density at radius 1 is 0.925 bits per heavy atom. The third-order valence-corrected chi connectivity index (χ3v) is 7.20. The highest BCUT2D eigenvalue weighted by atomic mass is 16.3. The number of nitrogen functional groups attached to an aromatic ring is 1. The lowest BCUT2D eigenvalue weighted by Gasteiger charge is -2.28. The van der Waals surface area contributed by atoms with E-state index in [1.165, 1.54) is 52.0 Å². The van der Waals surface area contributed by atoms with Crippen LogP contribution in [0, 0.1) is 11.8 Å². The van der Waals surface area contributed by atoms with E-state index in [-0.39, 0.29) is 11.8 Å². The Morgan fingerprint density at radius 2 is 1.60 bits per heavy atom. The van der Waals surface area contributed by atoms with Gasteiger partial charge in [-0.15, -0.1) is 10.2 Å². The fourth-order valence-electron chi connectivity index (χ4n) is 5.03. The second kappa shape index (κ2) is 16.3. The first-order valence-electron chi connectivity index (χ1n) is 14.3. The molecule has 1 saturated carbocycles. The molecule has 9 nitrogen and oxygen atoms in total. The highest BCUT2D eigenvalue weighted by Crippen LogP contribution is 2.32. The Labute approximate surface area is 239 Å². The average Bonchev–Trinajstić information content (AvgIpc) is 3.40. The SMILES string of the molecule is C1CCCCCC1.CC#Cc1nccc(N2CCN(c3cc(-c4ccccc4O)nnc3N)CCC2C)n1.CN. The predicted octanol–water partition coefficient (Wildman–Crippen LogP) is 5.00. The molecule has 3 heterocycles. The highest BCUT2D eigenvalue weighted by Gasteiger charge is 2.24. The van der Waals surface area contributed by atoms with Gasteiger partial charge in [0.2, 0.25) is 5.82 Å². The zero-order chi connectivity index (χ0) is 28.7. The van der Waals surface area contributed by atoms with E-state index in [2.05, 4.69) is 54.5 Å². The maximum Gasteiger partial charge on any atom is 0.206 e. The van der Waals surface area contributed by atoms with Gasteiger partial charge < -0.3 is 26.4 Å². The van der Waals surface area contributed by atoms with Crippen molar-refractivity contribution in [3.8, 4) is 28.8 Å². The first-order valence-corrected chi connectivity index (χ1v) is 14.3.